The van der Waals surface area contributed by atoms with Crippen LogP contribution in [0, 0.1) is 6.92 Å². The Bertz CT molecular complexity index is 1150. The third-order valence-electron chi connectivity index (χ3n) is 5.26. The molecule has 1 saturated heterocycles. The number of anilines is 1. The summed E-state index contributed by atoms with van der Waals surface area (Å²) < 4.78 is 50.6. The van der Waals surface area contributed by atoms with Gasteiger partial charge in [-0.05, 0) is 32.9 Å². The standard InChI is InChI=1S/C21H22F3N5O3/c1-12-9-28(10-13(2)31-12)16-6-19(30)29(26-8-16)11-17-14(3)32-27-20(17)15-4-5-18(25-7-15)21(22,23)24/h4-8,12-13H,9-11H2,1-3H3. The minimum atomic E-state index is -4.53. The van der Waals surface area contributed by atoms with Gasteiger partial charge in [0.15, 0.2) is 0 Å². The summed E-state index contributed by atoms with van der Waals surface area (Å²) in [7, 11) is 0. The van der Waals surface area contributed by atoms with E-state index in [0.717, 1.165) is 12.3 Å². The first-order valence-electron chi connectivity index (χ1n) is 10.1. The average Bonchev–Trinajstić information content (AvgIpc) is 3.08. The molecule has 1 fully saturated rings. The lowest BCUT2D eigenvalue weighted by molar-refractivity contribution is -0.141. The van der Waals surface area contributed by atoms with Crippen LogP contribution in [0.25, 0.3) is 11.3 Å². The van der Waals surface area contributed by atoms with Crippen molar-refractivity contribution in [2.75, 3.05) is 18.0 Å². The van der Waals surface area contributed by atoms with E-state index < -0.39 is 11.9 Å². The molecule has 11 heteroatoms. The van der Waals surface area contributed by atoms with Crippen molar-refractivity contribution >= 4 is 5.69 Å². The number of nitrogens with zero attached hydrogens (tertiary/aromatic N) is 5. The molecule has 0 spiro atoms. The predicted octanol–water partition coefficient (Wildman–Crippen LogP) is 3.28. The Morgan fingerprint density at radius 2 is 1.88 bits per heavy atom. The van der Waals surface area contributed by atoms with E-state index in [-0.39, 0.29) is 24.3 Å². The molecule has 32 heavy (non-hydrogen) atoms. The normalized spacial score (nSPS) is 19.4. The van der Waals surface area contributed by atoms with Crippen molar-refractivity contribution in [3.05, 3.63) is 58.0 Å². The minimum absolute atomic E-state index is 0.0423. The van der Waals surface area contributed by atoms with Crippen molar-refractivity contribution in [1.29, 1.82) is 0 Å². The van der Waals surface area contributed by atoms with Crippen molar-refractivity contribution in [3.8, 4) is 11.3 Å². The van der Waals surface area contributed by atoms with Gasteiger partial charge < -0.3 is 14.2 Å². The smallest absolute Gasteiger partial charge is 0.372 e. The molecule has 8 nitrogen and oxygen atoms in total. The molecule has 3 aromatic rings. The molecule has 3 aromatic heterocycles. The van der Waals surface area contributed by atoms with Crippen LogP contribution >= 0.6 is 0 Å². The lowest BCUT2D eigenvalue weighted by atomic mass is 10.1. The summed E-state index contributed by atoms with van der Waals surface area (Å²) in [6.07, 6.45) is -1.74. The van der Waals surface area contributed by atoms with E-state index in [1.165, 1.54) is 16.8 Å². The monoisotopic (exact) mass is 449 g/mol. The van der Waals surface area contributed by atoms with E-state index in [1.807, 2.05) is 13.8 Å². The summed E-state index contributed by atoms with van der Waals surface area (Å²) in [6, 6.07) is 3.67. The van der Waals surface area contributed by atoms with Gasteiger partial charge in [-0.15, -0.1) is 0 Å². The third kappa shape index (κ3) is 4.52. The zero-order valence-electron chi connectivity index (χ0n) is 17.8. The van der Waals surface area contributed by atoms with E-state index in [4.69, 9.17) is 9.26 Å². The molecule has 0 saturated carbocycles. The number of ether oxygens (including phenoxy) is 1. The zero-order chi connectivity index (χ0) is 23.0. The molecule has 4 heterocycles. The number of rotatable bonds is 4. The fourth-order valence-corrected chi connectivity index (χ4v) is 3.76. The summed E-state index contributed by atoms with van der Waals surface area (Å²) in [5.74, 6) is 0.438. The molecule has 0 amide bonds. The summed E-state index contributed by atoms with van der Waals surface area (Å²) in [5, 5.41) is 8.24. The van der Waals surface area contributed by atoms with Gasteiger partial charge in [0.2, 0.25) is 0 Å². The SMILES string of the molecule is Cc1onc(-c2ccc(C(F)(F)F)nc2)c1Cn1ncc(N2CC(C)OC(C)C2)cc1=O. The summed E-state index contributed by atoms with van der Waals surface area (Å²) in [4.78, 5) is 18.3. The van der Waals surface area contributed by atoms with Crippen LogP contribution in [-0.4, -0.2) is 45.2 Å². The molecular weight excluding hydrogens is 427 g/mol. The maximum absolute atomic E-state index is 12.8. The van der Waals surface area contributed by atoms with Gasteiger partial charge in [0, 0.05) is 36.5 Å². The van der Waals surface area contributed by atoms with E-state index in [9.17, 15) is 18.0 Å². The highest BCUT2D eigenvalue weighted by molar-refractivity contribution is 5.62. The molecule has 0 bridgehead atoms. The molecule has 4 rings (SSSR count). The van der Waals surface area contributed by atoms with Crippen molar-refractivity contribution in [3.63, 3.8) is 0 Å². The first kappa shape index (κ1) is 22.0. The number of hydrogen-bond donors (Lipinski definition) is 0. The number of aromatic nitrogens is 4. The molecule has 2 unspecified atom stereocenters. The summed E-state index contributed by atoms with van der Waals surface area (Å²) in [5.41, 5.74) is 0.614. The van der Waals surface area contributed by atoms with Crippen LogP contribution in [0.1, 0.15) is 30.9 Å². The minimum Gasteiger partial charge on any atom is -0.372 e. The van der Waals surface area contributed by atoms with Crippen molar-refractivity contribution in [1.82, 2.24) is 19.9 Å². The van der Waals surface area contributed by atoms with Gasteiger partial charge in [0.1, 0.15) is 17.1 Å². The highest BCUT2D eigenvalue weighted by Crippen LogP contribution is 2.30. The lowest BCUT2D eigenvalue weighted by Gasteiger charge is -2.36. The Kier molecular flexibility index (Phi) is 5.76. The molecule has 2 atom stereocenters. The van der Waals surface area contributed by atoms with Crippen LogP contribution in [0.4, 0.5) is 18.9 Å². The largest absolute Gasteiger partial charge is 0.433 e. The number of pyridine rings is 1. The average molecular weight is 449 g/mol. The molecule has 0 radical (unpaired) electrons. The summed E-state index contributed by atoms with van der Waals surface area (Å²) >= 11 is 0. The maximum Gasteiger partial charge on any atom is 0.433 e. The van der Waals surface area contributed by atoms with Gasteiger partial charge in [0.05, 0.1) is 30.6 Å². The Labute approximate surface area is 181 Å². The zero-order valence-corrected chi connectivity index (χ0v) is 17.8. The molecule has 170 valence electrons. The molecule has 1 aliphatic heterocycles. The van der Waals surface area contributed by atoms with Crippen LogP contribution in [-0.2, 0) is 17.5 Å². The Morgan fingerprint density at radius 3 is 2.47 bits per heavy atom. The highest BCUT2D eigenvalue weighted by Gasteiger charge is 2.32. The van der Waals surface area contributed by atoms with E-state index in [0.29, 0.717) is 41.4 Å². The van der Waals surface area contributed by atoms with Crippen LogP contribution in [0.2, 0.25) is 0 Å². The van der Waals surface area contributed by atoms with Crippen LogP contribution in [0.15, 0.2) is 39.9 Å². The van der Waals surface area contributed by atoms with Crippen molar-refractivity contribution < 1.29 is 22.4 Å². The molecular formula is C21H22F3N5O3. The Balaban J connectivity index is 1.59. The van der Waals surface area contributed by atoms with Crippen molar-refractivity contribution in [2.24, 2.45) is 0 Å². The third-order valence-corrected chi connectivity index (χ3v) is 5.26. The van der Waals surface area contributed by atoms with Gasteiger partial charge in [-0.25, -0.2) is 4.68 Å². The first-order chi connectivity index (χ1) is 15.1. The van der Waals surface area contributed by atoms with Crippen LogP contribution < -0.4 is 10.5 Å². The second-order valence-corrected chi connectivity index (χ2v) is 7.87. The second-order valence-electron chi connectivity index (χ2n) is 7.87. The van der Waals surface area contributed by atoms with Crippen LogP contribution in [0.5, 0.6) is 0 Å². The number of morpholine rings is 1. The predicted molar refractivity (Wildman–Crippen MR) is 109 cm³/mol. The quantitative estimate of drug-likeness (QED) is 0.604. The Hall–Kier alpha value is -3.21. The fourth-order valence-electron chi connectivity index (χ4n) is 3.76. The number of aryl methyl sites for hydroxylation is 1. The lowest BCUT2D eigenvalue weighted by Crippen LogP contribution is -2.46. The number of halogens is 3. The number of alkyl halides is 3. The second kappa shape index (κ2) is 8.38. The maximum atomic E-state index is 12.8. The van der Waals surface area contributed by atoms with Gasteiger partial charge in [0.25, 0.3) is 5.56 Å². The first-order valence-corrected chi connectivity index (χ1v) is 10.1. The molecule has 1 aliphatic rings. The Morgan fingerprint density at radius 1 is 1.16 bits per heavy atom. The highest BCUT2D eigenvalue weighted by atomic mass is 19.4. The van der Waals surface area contributed by atoms with Gasteiger partial charge in [-0.3, -0.25) is 9.78 Å². The van der Waals surface area contributed by atoms with Crippen molar-refractivity contribution in [2.45, 2.75) is 45.7 Å². The molecule has 0 N–H and O–H groups in total. The van der Waals surface area contributed by atoms with E-state index >= 15 is 0 Å². The van der Waals surface area contributed by atoms with E-state index in [1.54, 1.807) is 13.1 Å². The van der Waals surface area contributed by atoms with Gasteiger partial charge in [-0.1, -0.05) is 5.16 Å². The number of hydrogen-bond acceptors (Lipinski definition) is 7. The van der Waals surface area contributed by atoms with E-state index in [2.05, 4.69) is 20.1 Å². The van der Waals surface area contributed by atoms with Gasteiger partial charge in [-0.2, -0.15) is 18.3 Å². The topological polar surface area (TPSA) is 86.3 Å². The molecule has 0 aliphatic carbocycles. The van der Waals surface area contributed by atoms with Crippen LogP contribution in [0.3, 0.4) is 0 Å². The molecule has 0 aromatic carbocycles. The summed E-state index contributed by atoms with van der Waals surface area (Å²) in [6.45, 7) is 6.99. The van der Waals surface area contributed by atoms with Gasteiger partial charge >= 0.3 is 6.18 Å². The fraction of sp³-hybridized carbons (Fsp3) is 0.429.